The van der Waals surface area contributed by atoms with Gasteiger partial charge in [-0.1, -0.05) is 32.0 Å². The number of para-hydroxylation sites is 1. The summed E-state index contributed by atoms with van der Waals surface area (Å²) in [5.74, 6) is 1.37. The number of thioether (sulfide) groups is 1. The molecule has 0 radical (unpaired) electrons. The topological polar surface area (TPSA) is 51.8 Å². The molecule has 2 aromatic rings. The largest absolute Gasteiger partial charge is 0.327 e. The molecule has 4 atom stereocenters. The Morgan fingerprint density at radius 3 is 2.75 bits per heavy atom. The average Bonchev–Trinajstić information content (AvgIpc) is 2.43. The predicted molar refractivity (Wildman–Crippen MR) is 84.7 cm³/mol. The molecule has 106 valence electrons. The lowest BCUT2D eigenvalue weighted by atomic mass is 9.80. The predicted octanol–water partition coefficient (Wildman–Crippen LogP) is 3.48. The molecule has 4 unspecified atom stereocenters. The highest BCUT2D eigenvalue weighted by atomic mass is 32.2. The zero-order valence-electron chi connectivity index (χ0n) is 12.0. The van der Waals surface area contributed by atoms with Crippen molar-refractivity contribution in [1.82, 2.24) is 9.97 Å². The number of nitrogens with two attached hydrogens (primary N) is 1. The quantitative estimate of drug-likeness (QED) is 0.859. The van der Waals surface area contributed by atoms with Gasteiger partial charge in [-0.2, -0.15) is 0 Å². The molecule has 3 rings (SSSR count). The van der Waals surface area contributed by atoms with Gasteiger partial charge in [0.15, 0.2) is 0 Å². The minimum atomic E-state index is 0.257. The minimum Gasteiger partial charge on any atom is -0.327 e. The van der Waals surface area contributed by atoms with Gasteiger partial charge in [-0.25, -0.2) is 9.97 Å². The van der Waals surface area contributed by atoms with E-state index in [0.29, 0.717) is 11.2 Å². The second-order valence-corrected chi connectivity index (χ2v) is 7.16. The van der Waals surface area contributed by atoms with Crippen LogP contribution in [0.1, 0.15) is 26.7 Å². The van der Waals surface area contributed by atoms with Crippen LogP contribution in [0.25, 0.3) is 10.9 Å². The van der Waals surface area contributed by atoms with E-state index in [9.17, 15) is 0 Å². The average molecular weight is 287 g/mol. The van der Waals surface area contributed by atoms with Gasteiger partial charge in [0.25, 0.3) is 0 Å². The number of hydrogen-bond acceptors (Lipinski definition) is 4. The monoisotopic (exact) mass is 287 g/mol. The Morgan fingerprint density at radius 2 is 1.95 bits per heavy atom. The molecule has 0 saturated heterocycles. The Hall–Kier alpha value is -1.13. The first-order valence-electron chi connectivity index (χ1n) is 7.27. The van der Waals surface area contributed by atoms with Crippen LogP contribution in [0.15, 0.2) is 35.6 Å². The fourth-order valence-electron chi connectivity index (χ4n) is 3.29. The lowest BCUT2D eigenvalue weighted by Crippen LogP contribution is -2.42. The Balaban J connectivity index is 1.89. The molecule has 3 nitrogen and oxygen atoms in total. The third kappa shape index (κ3) is 2.67. The highest BCUT2D eigenvalue weighted by Gasteiger charge is 2.33. The third-order valence-corrected chi connectivity index (χ3v) is 5.82. The maximum Gasteiger partial charge on any atom is 0.117 e. The first kappa shape index (κ1) is 13.8. The first-order valence-corrected chi connectivity index (χ1v) is 8.15. The van der Waals surface area contributed by atoms with Gasteiger partial charge in [0.1, 0.15) is 11.4 Å². The molecule has 1 aromatic carbocycles. The van der Waals surface area contributed by atoms with Crippen molar-refractivity contribution in [2.24, 2.45) is 17.6 Å². The number of rotatable bonds is 2. The van der Waals surface area contributed by atoms with Crippen molar-refractivity contribution in [3.05, 3.63) is 30.6 Å². The highest BCUT2D eigenvalue weighted by Crippen LogP contribution is 2.39. The first-order chi connectivity index (χ1) is 9.65. The smallest absolute Gasteiger partial charge is 0.117 e. The SMILES string of the molecule is CC1CC(C)C(Sc2ncnc3ccccc23)C(N)C1. The lowest BCUT2D eigenvalue weighted by Gasteiger charge is -2.37. The molecule has 1 saturated carbocycles. The second kappa shape index (κ2) is 5.70. The number of benzene rings is 1. The molecule has 1 aliphatic rings. The van der Waals surface area contributed by atoms with Crippen LogP contribution >= 0.6 is 11.8 Å². The maximum absolute atomic E-state index is 6.39. The summed E-state index contributed by atoms with van der Waals surface area (Å²) in [6.07, 6.45) is 4.03. The highest BCUT2D eigenvalue weighted by molar-refractivity contribution is 8.00. The summed E-state index contributed by atoms with van der Waals surface area (Å²) in [5, 5.41) is 2.65. The van der Waals surface area contributed by atoms with Crippen LogP contribution in [0.3, 0.4) is 0 Å². The lowest BCUT2D eigenvalue weighted by molar-refractivity contribution is 0.279. The van der Waals surface area contributed by atoms with E-state index in [2.05, 4.69) is 29.9 Å². The van der Waals surface area contributed by atoms with Crippen LogP contribution in [-0.2, 0) is 0 Å². The summed E-state index contributed by atoms with van der Waals surface area (Å²) in [5.41, 5.74) is 7.40. The molecule has 2 N–H and O–H groups in total. The maximum atomic E-state index is 6.39. The van der Waals surface area contributed by atoms with Crippen LogP contribution in [0.2, 0.25) is 0 Å². The second-order valence-electron chi connectivity index (χ2n) is 6.00. The van der Waals surface area contributed by atoms with Gasteiger partial charge in [0, 0.05) is 16.7 Å². The van der Waals surface area contributed by atoms with Crippen molar-refractivity contribution < 1.29 is 0 Å². The Bertz CT molecular complexity index is 584. The molecule has 0 amide bonds. The van der Waals surface area contributed by atoms with Gasteiger partial charge >= 0.3 is 0 Å². The van der Waals surface area contributed by atoms with Crippen LogP contribution < -0.4 is 5.73 Å². The fourth-order valence-corrected chi connectivity index (χ4v) is 4.59. The summed E-state index contributed by atoms with van der Waals surface area (Å²) in [6, 6.07) is 8.45. The summed E-state index contributed by atoms with van der Waals surface area (Å²) < 4.78 is 0. The van der Waals surface area contributed by atoms with E-state index in [4.69, 9.17) is 5.73 Å². The fraction of sp³-hybridized carbons (Fsp3) is 0.500. The van der Waals surface area contributed by atoms with E-state index in [1.165, 1.54) is 6.42 Å². The van der Waals surface area contributed by atoms with E-state index in [0.717, 1.165) is 28.3 Å². The molecule has 1 aromatic heterocycles. The minimum absolute atomic E-state index is 0.257. The van der Waals surface area contributed by atoms with Gasteiger partial charge in [-0.05, 0) is 30.7 Å². The van der Waals surface area contributed by atoms with Gasteiger partial charge in [0.2, 0.25) is 0 Å². The molecule has 4 heteroatoms. The van der Waals surface area contributed by atoms with E-state index in [1.54, 1.807) is 6.33 Å². The van der Waals surface area contributed by atoms with Crippen molar-refractivity contribution >= 4 is 22.7 Å². The van der Waals surface area contributed by atoms with Gasteiger partial charge in [0.05, 0.1) is 5.52 Å². The van der Waals surface area contributed by atoms with Crippen molar-refractivity contribution in [3.63, 3.8) is 0 Å². The Labute approximate surface area is 124 Å². The number of fused-ring (bicyclic) bond motifs is 1. The number of aromatic nitrogens is 2. The van der Waals surface area contributed by atoms with Crippen molar-refractivity contribution in [3.8, 4) is 0 Å². The van der Waals surface area contributed by atoms with Gasteiger partial charge < -0.3 is 5.73 Å². The number of hydrogen-bond donors (Lipinski definition) is 1. The van der Waals surface area contributed by atoms with Crippen LogP contribution in [0, 0.1) is 11.8 Å². The molecule has 20 heavy (non-hydrogen) atoms. The number of nitrogens with zero attached hydrogens (tertiary/aromatic N) is 2. The van der Waals surface area contributed by atoms with E-state index in [-0.39, 0.29) is 6.04 Å². The van der Waals surface area contributed by atoms with Crippen LogP contribution in [-0.4, -0.2) is 21.3 Å². The van der Waals surface area contributed by atoms with E-state index < -0.39 is 0 Å². The van der Waals surface area contributed by atoms with Crippen molar-refractivity contribution in [1.29, 1.82) is 0 Å². The van der Waals surface area contributed by atoms with Crippen molar-refractivity contribution in [2.45, 2.75) is 43.0 Å². The third-order valence-electron chi connectivity index (χ3n) is 4.19. The summed E-state index contributed by atoms with van der Waals surface area (Å²) in [6.45, 7) is 4.62. The van der Waals surface area contributed by atoms with Crippen LogP contribution in [0.4, 0.5) is 0 Å². The zero-order chi connectivity index (χ0) is 14.1. The molecule has 1 aliphatic carbocycles. The molecular formula is C16H21N3S. The van der Waals surface area contributed by atoms with E-state index >= 15 is 0 Å². The van der Waals surface area contributed by atoms with Gasteiger partial charge in [-0.3, -0.25) is 0 Å². The standard InChI is InChI=1S/C16H21N3S/c1-10-7-11(2)15(13(17)8-10)20-16-12-5-3-4-6-14(12)18-9-19-16/h3-6,9-11,13,15H,7-8,17H2,1-2H3. The van der Waals surface area contributed by atoms with Crippen molar-refractivity contribution in [2.75, 3.05) is 0 Å². The molecule has 1 heterocycles. The zero-order valence-corrected chi connectivity index (χ0v) is 12.8. The van der Waals surface area contributed by atoms with E-state index in [1.807, 2.05) is 30.0 Å². The Kier molecular flexibility index (Phi) is 3.94. The molecule has 0 aliphatic heterocycles. The molecular weight excluding hydrogens is 266 g/mol. The molecule has 1 fully saturated rings. The summed E-state index contributed by atoms with van der Waals surface area (Å²) >= 11 is 1.84. The summed E-state index contributed by atoms with van der Waals surface area (Å²) in [7, 11) is 0. The molecule has 0 spiro atoms. The van der Waals surface area contributed by atoms with Gasteiger partial charge in [-0.15, -0.1) is 11.8 Å². The normalized spacial score (nSPS) is 30.6. The summed E-state index contributed by atoms with van der Waals surface area (Å²) in [4.78, 5) is 8.81. The molecule has 0 bridgehead atoms. The van der Waals surface area contributed by atoms with Crippen LogP contribution in [0.5, 0.6) is 0 Å². The Morgan fingerprint density at radius 1 is 1.15 bits per heavy atom.